The molecule has 6 heteroatoms. The monoisotopic (exact) mass is 335 g/mol. The van der Waals surface area contributed by atoms with Crippen molar-refractivity contribution in [3.63, 3.8) is 0 Å². The lowest BCUT2D eigenvalue weighted by Crippen LogP contribution is -2.18. The standard InChI is InChI=1S/C11H11BrClNO2S/c12-4-3-8(15)10(16)6-1-2-7-9(5-6)17-11(13)14-7/h1-2,5,8,10,15-16H,3-4H2. The van der Waals surface area contributed by atoms with Crippen molar-refractivity contribution in [3.8, 4) is 0 Å². The summed E-state index contributed by atoms with van der Waals surface area (Å²) in [6.07, 6.45) is -1.14. The van der Waals surface area contributed by atoms with Crippen LogP contribution in [-0.4, -0.2) is 26.6 Å². The molecule has 0 aliphatic rings. The Labute approximate surface area is 116 Å². The van der Waals surface area contributed by atoms with Crippen LogP contribution in [0, 0.1) is 0 Å². The summed E-state index contributed by atoms with van der Waals surface area (Å²) < 4.78 is 1.39. The predicted molar refractivity (Wildman–Crippen MR) is 74.0 cm³/mol. The van der Waals surface area contributed by atoms with Gasteiger partial charge in [0.2, 0.25) is 0 Å². The van der Waals surface area contributed by atoms with Crippen molar-refractivity contribution in [2.75, 3.05) is 5.33 Å². The Morgan fingerprint density at radius 1 is 1.41 bits per heavy atom. The molecular weight excluding hydrogens is 326 g/mol. The molecule has 0 bridgehead atoms. The van der Waals surface area contributed by atoms with Crippen molar-refractivity contribution in [1.29, 1.82) is 0 Å². The SMILES string of the molecule is OC(CCBr)C(O)c1ccc2nc(Cl)sc2c1. The number of hydrogen-bond donors (Lipinski definition) is 2. The van der Waals surface area contributed by atoms with Crippen LogP contribution >= 0.6 is 38.9 Å². The molecule has 1 aromatic heterocycles. The number of alkyl halides is 1. The minimum atomic E-state index is -0.877. The molecule has 3 nitrogen and oxygen atoms in total. The number of fused-ring (bicyclic) bond motifs is 1. The fourth-order valence-electron chi connectivity index (χ4n) is 1.59. The molecule has 2 unspecified atom stereocenters. The van der Waals surface area contributed by atoms with Crippen molar-refractivity contribution in [2.24, 2.45) is 0 Å². The molecule has 0 fully saturated rings. The summed E-state index contributed by atoms with van der Waals surface area (Å²) in [7, 11) is 0. The molecule has 92 valence electrons. The zero-order chi connectivity index (χ0) is 12.4. The smallest absolute Gasteiger partial charge is 0.184 e. The largest absolute Gasteiger partial charge is 0.390 e. The van der Waals surface area contributed by atoms with Gasteiger partial charge >= 0.3 is 0 Å². The molecule has 0 radical (unpaired) electrons. The van der Waals surface area contributed by atoms with Gasteiger partial charge in [-0.15, -0.1) is 11.3 Å². The second-order valence-electron chi connectivity index (χ2n) is 3.68. The van der Waals surface area contributed by atoms with Gasteiger partial charge in [-0.1, -0.05) is 33.6 Å². The van der Waals surface area contributed by atoms with Crippen LogP contribution in [0.15, 0.2) is 18.2 Å². The Bertz CT molecular complexity index is 519. The molecule has 0 amide bonds. The lowest BCUT2D eigenvalue weighted by molar-refractivity contribution is 0.0174. The van der Waals surface area contributed by atoms with E-state index in [1.807, 2.05) is 6.07 Å². The van der Waals surface area contributed by atoms with Crippen molar-refractivity contribution < 1.29 is 10.2 Å². The molecule has 1 aromatic carbocycles. The summed E-state index contributed by atoms with van der Waals surface area (Å²) in [6.45, 7) is 0. The van der Waals surface area contributed by atoms with E-state index in [0.717, 1.165) is 10.2 Å². The van der Waals surface area contributed by atoms with E-state index in [1.54, 1.807) is 12.1 Å². The molecule has 0 aliphatic carbocycles. The van der Waals surface area contributed by atoms with Crippen molar-refractivity contribution in [2.45, 2.75) is 18.6 Å². The summed E-state index contributed by atoms with van der Waals surface area (Å²) >= 11 is 10.4. The first-order valence-corrected chi connectivity index (χ1v) is 7.41. The van der Waals surface area contributed by atoms with Gasteiger partial charge in [-0.3, -0.25) is 0 Å². The second-order valence-corrected chi connectivity index (χ2v) is 6.09. The van der Waals surface area contributed by atoms with Gasteiger partial charge in [-0.25, -0.2) is 4.98 Å². The van der Waals surface area contributed by atoms with Crippen LogP contribution in [0.4, 0.5) is 0 Å². The van der Waals surface area contributed by atoms with E-state index in [4.69, 9.17) is 11.6 Å². The van der Waals surface area contributed by atoms with E-state index in [1.165, 1.54) is 11.3 Å². The summed E-state index contributed by atoms with van der Waals surface area (Å²) in [5.41, 5.74) is 1.50. The number of thiazole rings is 1. The number of nitrogens with zero attached hydrogens (tertiary/aromatic N) is 1. The van der Waals surface area contributed by atoms with E-state index in [0.29, 0.717) is 21.8 Å². The zero-order valence-corrected chi connectivity index (χ0v) is 12.0. The van der Waals surface area contributed by atoms with Gasteiger partial charge < -0.3 is 10.2 Å². The minimum absolute atomic E-state index is 0.479. The topological polar surface area (TPSA) is 53.4 Å². The highest BCUT2D eigenvalue weighted by atomic mass is 79.9. The lowest BCUT2D eigenvalue weighted by Gasteiger charge is -2.17. The molecule has 0 spiro atoms. The zero-order valence-electron chi connectivity index (χ0n) is 8.81. The van der Waals surface area contributed by atoms with Crippen molar-refractivity contribution >= 4 is 49.1 Å². The Kier molecular flexibility index (Phi) is 4.38. The highest BCUT2D eigenvalue weighted by Gasteiger charge is 2.18. The third-order valence-corrected chi connectivity index (χ3v) is 4.08. The normalized spacial score (nSPS) is 15.1. The lowest BCUT2D eigenvalue weighted by atomic mass is 10.0. The highest BCUT2D eigenvalue weighted by Crippen LogP contribution is 2.29. The minimum Gasteiger partial charge on any atom is -0.390 e. The predicted octanol–water partition coefficient (Wildman–Crippen LogP) is 3.13. The average molecular weight is 337 g/mol. The van der Waals surface area contributed by atoms with E-state index >= 15 is 0 Å². The maximum atomic E-state index is 9.97. The summed E-state index contributed by atoms with van der Waals surface area (Å²) in [5.74, 6) is 0. The molecule has 2 atom stereocenters. The summed E-state index contributed by atoms with van der Waals surface area (Å²) in [6, 6.07) is 5.39. The van der Waals surface area contributed by atoms with Crippen LogP contribution in [-0.2, 0) is 0 Å². The fourth-order valence-corrected chi connectivity index (χ4v) is 3.14. The number of rotatable bonds is 4. The number of benzene rings is 1. The first-order valence-electron chi connectivity index (χ1n) is 5.10. The van der Waals surface area contributed by atoms with Gasteiger partial charge in [0.1, 0.15) is 6.10 Å². The first-order chi connectivity index (χ1) is 8.11. The number of aromatic nitrogens is 1. The Hall–Kier alpha value is -0.200. The van der Waals surface area contributed by atoms with Crippen LogP contribution in [0.3, 0.4) is 0 Å². The highest BCUT2D eigenvalue weighted by molar-refractivity contribution is 9.09. The number of aliphatic hydroxyl groups is 2. The summed E-state index contributed by atoms with van der Waals surface area (Å²) in [5, 5.41) is 20.3. The number of aliphatic hydroxyl groups excluding tert-OH is 2. The van der Waals surface area contributed by atoms with Crippen LogP contribution in [0.2, 0.25) is 4.47 Å². The van der Waals surface area contributed by atoms with Crippen LogP contribution in [0.25, 0.3) is 10.2 Å². The molecule has 0 aliphatic heterocycles. The van der Waals surface area contributed by atoms with Crippen LogP contribution in [0.5, 0.6) is 0 Å². The van der Waals surface area contributed by atoms with E-state index in [2.05, 4.69) is 20.9 Å². The van der Waals surface area contributed by atoms with E-state index in [-0.39, 0.29) is 0 Å². The average Bonchev–Trinajstić information content (AvgIpc) is 2.67. The van der Waals surface area contributed by atoms with Crippen LogP contribution < -0.4 is 0 Å². The van der Waals surface area contributed by atoms with Gasteiger partial charge in [0.05, 0.1) is 16.3 Å². The maximum absolute atomic E-state index is 9.97. The Balaban J connectivity index is 2.28. The first kappa shape index (κ1) is 13.2. The van der Waals surface area contributed by atoms with E-state index < -0.39 is 12.2 Å². The van der Waals surface area contributed by atoms with Crippen LogP contribution in [0.1, 0.15) is 18.1 Å². The van der Waals surface area contributed by atoms with E-state index in [9.17, 15) is 10.2 Å². The quantitative estimate of drug-likeness (QED) is 0.843. The summed E-state index contributed by atoms with van der Waals surface area (Å²) in [4.78, 5) is 4.13. The number of hydrogen-bond acceptors (Lipinski definition) is 4. The van der Waals surface area contributed by atoms with Gasteiger partial charge in [0, 0.05) is 5.33 Å². The Morgan fingerprint density at radius 3 is 2.88 bits per heavy atom. The molecule has 0 saturated heterocycles. The molecule has 17 heavy (non-hydrogen) atoms. The number of halogens is 2. The third-order valence-electron chi connectivity index (χ3n) is 2.50. The van der Waals surface area contributed by atoms with Crippen molar-refractivity contribution in [1.82, 2.24) is 4.98 Å². The van der Waals surface area contributed by atoms with Gasteiger partial charge in [-0.05, 0) is 24.1 Å². The van der Waals surface area contributed by atoms with Crippen molar-refractivity contribution in [3.05, 3.63) is 28.2 Å². The molecule has 2 N–H and O–H groups in total. The fraction of sp³-hybridized carbons (Fsp3) is 0.364. The molecular formula is C11H11BrClNO2S. The van der Waals surface area contributed by atoms with Gasteiger partial charge in [0.15, 0.2) is 4.47 Å². The molecule has 2 rings (SSSR count). The van der Waals surface area contributed by atoms with Gasteiger partial charge in [0.25, 0.3) is 0 Å². The maximum Gasteiger partial charge on any atom is 0.184 e. The molecule has 0 saturated carbocycles. The molecule has 1 heterocycles. The Morgan fingerprint density at radius 2 is 2.18 bits per heavy atom. The van der Waals surface area contributed by atoms with Gasteiger partial charge in [-0.2, -0.15) is 0 Å². The second kappa shape index (κ2) is 5.63. The third kappa shape index (κ3) is 2.98. The molecule has 2 aromatic rings.